The smallest absolute Gasteiger partial charge is 0.167 e. The molecule has 0 spiro atoms. The molecule has 14 nitrogen and oxygen atoms in total. The third-order valence-corrected chi connectivity index (χ3v) is 29.7. The first kappa shape index (κ1) is 81.3. The molecule has 0 unspecified atom stereocenters. The molecule has 0 atom stereocenters. The van der Waals surface area contributed by atoms with Gasteiger partial charge in [-0.3, -0.25) is 0 Å². The molecule has 142 heavy (non-hydrogen) atoms. The van der Waals surface area contributed by atoms with Crippen molar-refractivity contribution in [2.24, 2.45) is 0 Å². The second-order valence-corrected chi connectivity index (χ2v) is 38.1. The van der Waals surface area contributed by atoms with Crippen molar-refractivity contribution in [2.45, 2.75) is 38.5 Å². The molecule has 0 bridgehead atoms. The van der Waals surface area contributed by atoms with E-state index in [9.17, 15) is 10.5 Å². The molecule has 0 N–H and O–H groups in total. The van der Waals surface area contributed by atoms with Crippen molar-refractivity contribution in [2.75, 3.05) is 0 Å². The van der Waals surface area contributed by atoms with E-state index in [4.69, 9.17) is 38.7 Å². The summed E-state index contributed by atoms with van der Waals surface area (Å²) in [6.45, 7) is 9.33. The zero-order valence-corrected chi connectivity index (χ0v) is 77.4. The topological polar surface area (TPSA) is 171 Å². The van der Waals surface area contributed by atoms with E-state index in [0.717, 1.165) is 176 Å². The molecular weight excluding hydrogens is 1740 g/mol. The molecule has 0 aliphatic heterocycles. The predicted octanol–water partition coefficient (Wildman–Crippen LogP) is 32.0. The largest absolute Gasteiger partial charge is 0.455 e. The van der Waals surface area contributed by atoms with Crippen LogP contribution in [-0.2, 0) is 10.8 Å². The van der Waals surface area contributed by atoms with Crippen molar-refractivity contribution in [3.63, 3.8) is 0 Å². The highest BCUT2D eigenvalue weighted by Gasteiger charge is 2.39. The summed E-state index contributed by atoms with van der Waals surface area (Å²) < 4.78 is 22.4. The number of para-hydroxylation sites is 8. The zero-order chi connectivity index (χ0) is 94.5. The van der Waals surface area contributed by atoms with Crippen LogP contribution in [0.25, 0.3) is 256 Å². The molecule has 27 aromatic rings. The number of rotatable bonds is 11. The van der Waals surface area contributed by atoms with Gasteiger partial charge in [-0.25, -0.2) is 29.9 Å². The molecule has 14 heteroatoms. The Balaban J connectivity index is 0.000000139. The highest BCUT2D eigenvalue weighted by molar-refractivity contribution is 6.28. The fourth-order valence-corrected chi connectivity index (χ4v) is 23.0. The van der Waals surface area contributed by atoms with Crippen molar-refractivity contribution in [1.82, 2.24) is 48.2 Å². The quantitative estimate of drug-likeness (QED) is 0.121. The average molecular weight is 1820 g/mol. The zero-order valence-electron chi connectivity index (χ0n) is 77.4. The summed E-state index contributed by atoms with van der Waals surface area (Å²) in [5.41, 5.74) is 33.3. The number of furan rings is 2. The minimum atomic E-state index is -0.151. The van der Waals surface area contributed by atoms with Gasteiger partial charge in [0.1, 0.15) is 34.5 Å². The van der Waals surface area contributed by atoms with Gasteiger partial charge < -0.3 is 27.1 Å². The van der Waals surface area contributed by atoms with E-state index in [1.807, 2.05) is 140 Å². The number of hydrogen-bond donors (Lipinski definition) is 0. The minimum absolute atomic E-state index is 0.144. The third-order valence-electron chi connectivity index (χ3n) is 29.7. The Morgan fingerprint density at radius 1 is 0.225 bits per heavy atom. The lowest BCUT2D eigenvalue weighted by molar-refractivity contribution is 0.660. The normalized spacial score (nSPS) is 12.9. The monoisotopic (exact) mass is 1820 g/mol. The number of fused-ring (bicyclic) bond motifs is 26. The van der Waals surface area contributed by atoms with Crippen molar-refractivity contribution < 1.29 is 8.83 Å². The van der Waals surface area contributed by atoms with Gasteiger partial charge in [0.15, 0.2) is 34.9 Å². The maximum atomic E-state index is 11.3. The molecular formula is C128H80N12O2. The molecule has 29 rings (SSSR count). The summed E-state index contributed by atoms with van der Waals surface area (Å²) in [5.74, 6) is 2.90. The SMILES string of the molecule is CC1(C)c2ccccc2-c2ccc(-n3c4ccccc4c4c3ccc3c5ccccc5n(-c5ccc(-c6nc(-c7ccc(-c8ccccc8)cc7)nc(-c7cccc8c7oc7ccccc78)n6)cc5C#N)c34)cc21.CC1(C)c2ccccc2-c2ccc(-n3c4ccccc4c4c3ccc3c5ccccc5n(-c5ccc(-c6nc(-c7ccccc7)nc(-c7cccc8c7oc7ccccc78)n6)cc5C#N)c34)cc21. The van der Waals surface area contributed by atoms with Crippen LogP contribution in [0.4, 0.5) is 0 Å². The Morgan fingerprint density at radius 3 is 0.993 bits per heavy atom. The van der Waals surface area contributed by atoms with Crippen molar-refractivity contribution in [3.05, 3.63) is 446 Å². The summed E-state index contributed by atoms with van der Waals surface area (Å²) in [6, 6.07) is 149. The minimum Gasteiger partial charge on any atom is -0.455 e. The Kier molecular flexibility index (Phi) is 17.9. The van der Waals surface area contributed by atoms with Crippen LogP contribution in [0.2, 0.25) is 0 Å². The highest BCUT2D eigenvalue weighted by Crippen LogP contribution is 2.54. The fraction of sp³-hybridized carbons (Fsp3) is 0.0469. The van der Waals surface area contributed by atoms with Gasteiger partial charge in [-0.05, 0) is 177 Å². The Hall–Kier alpha value is -19.0. The molecule has 8 heterocycles. The molecule has 0 fully saturated rings. The summed E-state index contributed by atoms with van der Waals surface area (Å²) in [4.78, 5) is 30.8. The van der Waals surface area contributed by atoms with Crippen LogP contribution in [0.3, 0.4) is 0 Å². The van der Waals surface area contributed by atoms with Gasteiger partial charge in [-0.2, -0.15) is 10.5 Å². The van der Waals surface area contributed by atoms with Crippen LogP contribution in [0, 0.1) is 22.7 Å². The van der Waals surface area contributed by atoms with Gasteiger partial charge in [-0.15, -0.1) is 0 Å². The van der Waals surface area contributed by atoms with Crippen LogP contribution in [0.1, 0.15) is 61.1 Å². The van der Waals surface area contributed by atoms with Crippen LogP contribution < -0.4 is 0 Å². The first-order valence-corrected chi connectivity index (χ1v) is 47.9. The van der Waals surface area contributed by atoms with Crippen molar-refractivity contribution in [3.8, 4) is 137 Å². The summed E-state index contributed by atoms with van der Waals surface area (Å²) in [5, 5.41) is 35.5. The molecule has 0 saturated carbocycles. The lowest BCUT2D eigenvalue weighted by Gasteiger charge is -2.22. The van der Waals surface area contributed by atoms with Crippen molar-refractivity contribution in [1.29, 1.82) is 10.5 Å². The number of aromatic nitrogens is 10. The van der Waals surface area contributed by atoms with Crippen molar-refractivity contribution >= 4 is 131 Å². The molecule has 2 aliphatic carbocycles. The van der Waals surface area contributed by atoms with Crippen LogP contribution in [-0.4, -0.2) is 48.2 Å². The second-order valence-electron chi connectivity index (χ2n) is 38.1. The van der Waals surface area contributed by atoms with Crippen LogP contribution in [0.15, 0.2) is 421 Å². The Bertz CT molecular complexity index is 10200. The summed E-state index contributed by atoms with van der Waals surface area (Å²) in [7, 11) is 0. The lowest BCUT2D eigenvalue weighted by Crippen LogP contribution is -2.15. The van der Waals surface area contributed by atoms with Crippen LogP contribution >= 0.6 is 0 Å². The van der Waals surface area contributed by atoms with E-state index >= 15 is 0 Å². The van der Waals surface area contributed by atoms with E-state index < -0.39 is 0 Å². The second kappa shape index (κ2) is 31.3. The molecule has 2 aliphatic rings. The molecule has 664 valence electrons. The number of nitriles is 2. The molecule has 19 aromatic carbocycles. The fourth-order valence-electron chi connectivity index (χ4n) is 23.0. The standard InChI is InChI=1S/C67H42N6O.C61H38N6O/c1-67(2)54-23-10-6-17-46(54)47-33-32-45(38-55(47)67)72-58-25-12-8-20-52(58)61-59(72)36-34-50-48-18-7-11-24-57(48)73(62(50)61)56-35-31-43(37-44(56)39-68)65-69-64(42-29-27-41(28-30-42)40-15-4-3-5-16-40)70-66(71-65)53-22-14-21-51-49-19-9-13-26-60(49)74-63(51)53;1-61(2)48-23-10-6-17-40(48)41-29-28-39(34-49(41)61)66-52-25-12-8-20-46(52)55-53(66)32-30-44-42-18-7-11-24-51(42)67(56(44)55)50-31-27-37(33-38(50)35-62)59-63-58(36-15-4-3-5-16-36)64-60(65-59)47-22-14-21-45-43-19-9-13-26-54(43)68-57(45)47/h3-38H,1-2H3;3-34H,1-2H3. The Labute approximate surface area is 814 Å². The highest BCUT2D eigenvalue weighted by atomic mass is 16.3. The maximum Gasteiger partial charge on any atom is 0.167 e. The number of benzene rings is 19. The first-order chi connectivity index (χ1) is 69.8. The van der Waals surface area contributed by atoms with Crippen LogP contribution in [0.5, 0.6) is 0 Å². The Morgan fingerprint density at radius 2 is 0.549 bits per heavy atom. The van der Waals surface area contributed by atoms with Gasteiger partial charge in [0.2, 0.25) is 0 Å². The van der Waals surface area contributed by atoms with E-state index in [1.54, 1.807) is 0 Å². The number of nitrogens with zero attached hydrogens (tertiary/aromatic N) is 12. The van der Waals surface area contributed by atoms with Gasteiger partial charge in [0.05, 0.1) is 77.8 Å². The predicted molar refractivity (Wildman–Crippen MR) is 574 cm³/mol. The number of hydrogen-bond acceptors (Lipinski definition) is 10. The van der Waals surface area contributed by atoms with Gasteiger partial charge in [0, 0.05) is 109 Å². The maximum absolute atomic E-state index is 11.3. The molecule has 8 aromatic heterocycles. The molecule has 0 saturated heterocycles. The van der Waals surface area contributed by atoms with E-state index in [0.29, 0.717) is 68.4 Å². The lowest BCUT2D eigenvalue weighted by atomic mass is 9.82. The molecule has 0 radical (unpaired) electrons. The third kappa shape index (κ3) is 12.3. The summed E-state index contributed by atoms with van der Waals surface area (Å²) in [6.07, 6.45) is 0. The van der Waals surface area contributed by atoms with Gasteiger partial charge >= 0.3 is 0 Å². The van der Waals surface area contributed by atoms with Gasteiger partial charge in [0.25, 0.3) is 0 Å². The average Bonchev–Trinajstić information content (AvgIpc) is 1.54. The van der Waals surface area contributed by atoms with E-state index in [2.05, 4.69) is 331 Å². The van der Waals surface area contributed by atoms with Gasteiger partial charge in [-0.1, -0.05) is 319 Å². The van der Waals surface area contributed by atoms with E-state index in [1.165, 1.54) is 44.5 Å². The molecule has 0 amide bonds. The summed E-state index contributed by atoms with van der Waals surface area (Å²) >= 11 is 0. The van der Waals surface area contributed by atoms with E-state index in [-0.39, 0.29) is 10.8 Å². The first-order valence-electron chi connectivity index (χ1n) is 47.9.